The van der Waals surface area contributed by atoms with Crippen LogP contribution in [0.2, 0.25) is 0 Å². The summed E-state index contributed by atoms with van der Waals surface area (Å²) in [5.74, 6) is 0. The fourth-order valence-corrected chi connectivity index (χ4v) is 2.74. The standard InChI is InChI=1S/C15H23NO3/c1-18-9-7-16(8-10-19-2)14-11-12-5-3-4-6-13(12)15(14)17/h3-6,14-15,17H,7-11H2,1-2H3. The first-order valence-electron chi connectivity index (χ1n) is 6.75. The van der Waals surface area contributed by atoms with Crippen LogP contribution in [0.1, 0.15) is 17.2 Å². The first-order valence-corrected chi connectivity index (χ1v) is 6.75. The summed E-state index contributed by atoms with van der Waals surface area (Å²) in [7, 11) is 3.41. The highest BCUT2D eigenvalue weighted by atomic mass is 16.5. The van der Waals surface area contributed by atoms with Gasteiger partial charge in [-0.15, -0.1) is 0 Å². The number of fused-ring (bicyclic) bond motifs is 1. The predicted octanol–water partition coefficient (Wildman–Crippen LogP) is 1.24. The van der Waals surface area contributed by atoms with Crippen molar-refractivity contribution in [1.29, 1.82) is 0 Å². The highest BCUT2D eigenvalue weighted by Crippen LogP contribution is 2.34. The van der Waals surface area contributed by atoms with Crippen LogP contribution >= 0.6 is 0 Å². The summed E-state index contributed by atoms with van der Waals surface area (Å²) in [6.45, 7) is 2.97. The maximum Gasteiger partial charge on any atom is 0.0951 e. The molecule has 4 nitrogen and oxygen atoms in total. The molecule has 1 aliphatic carbocycles. The largest absolute Gasteiger partial charge is 0.387 e. The van der Waals surface area contributed by atoms with Gasteiger partial charge in [0.1, 0.15) is 0 Å². The van der Waals surface area contributed by atoms with Gasteiger partial charge in [-0.1, -0.05) is 24.3 Å². The van der Waals surface area contributed by atoms with Crippen LogP contribution in [0, 0.1) is 0 Å². The second-order valence-corrected chi connectivity index (χ2v) is 4.94. The van der Waals surface area contributed by atoms with Crippen molar-refractivity contribution in [2.75, 3.05) is 40.5 Å². The molecule has 0 aromatic heterocycles. The monoisotopic (exact) mass is 265 g/mol. The number of rotatable bonds is 7. The Morgan fingerprint density at radius 1 is 1.16 bits per heavy atom. The van der Waals surface area contributed by atoms with E-state index in [9.17, 15) is 5.11 Å². The van der Waals surface area contributed by atoms with Crippen molar-refractivity contribution in [3.05, 3.63) is 35.4 Å². The van der Waals surface area contributed by atoms with Gasteiger partial charge in [0.25, 0.3) is 0 Å². The van der Waals surface area contributed by atoms with Gasteiger partial charge in [0.15, 0.2) is 0 Å². The Balaban J connectivity index is 2.06. The molecular formula is C15H23NO3. The molecule has 0 radical (unpaired) electrons. The van der Waals surface area contributed by atoms with E-state index in [0.717, 1.165) is 25.1 Å². The van der Waals surface area contributed by atoms with E-state index in [2.05, 4.69) is 11.0 Å². The zero-order chi connectivity index (χ0) is 13.7. The zero-order valence-electron chi connectivity index (χ0n) is 11.7. The summed E-state index contributed by atoms with van der Waals surface area (Å²) in [5.41, 5.74) is 2.31. The number of benzene rings is 1. The molecule has 2 rings (SSSR count). The lowest BCUT2D eigenvalue weighted by Gasteiger charge is -2.30. The summed E-state index contributed by atoms with van der Waals surface area (Å²) in [5, 5.41) is 10.5. The van der Waals surface area contributed by atoms with E-state index in [-0.39, 0.29) is 6.04 Å². The molecule has 0 fully saturated rings. The molecule has 0 amide bonds. The maximum atomic E-state index is 10.5. The van der Waals surface area contributed by atoms with Crippen LogP contribution in [0.3, 0.4) is 0 Å². The minimum absolute atomic E-state index is 0.127. The predicted molar refractivity (Wildman–Crippen MR) is 74.2 cm³/mol. The average molecular weight is 265 g/mol. The normalized spacial score (nSPS) is 21.9. The Morgan fingerprint density at radius 3 is 2.37 bits per heavy atom. The lowest BCUT2D eigenvalue weighted by molar-refractivity contribution is 0.0288. The number of hydrogen-bond donors (Lipinski definition) is 1. The van der Waals surface area contributed by atoms with Crippen LogP contribution in [0.5, 0.6) is 0 Å². The van der Waals surface area contributed by atoms with Crippen molar-refractivity contribution in [3.8, 4) is 0 Å². The summed E-state index contributed by atoms with van der Waals surface area (Å²) < 4.78 is 10.3. The molecule has 106 valence electrons. The first-order chi connectivity index (χ1) is 9.27. The van der Waals surface area contributed by atoms with Gasteiger partial charge in [0.2, 0.25) is 0 Å². The van der Waals surface area contributed by atoms with Crippen molar-refractivity contribution in [3.63, 3.8) is 0 Å². The second-order valence-electron chi connectivity index (χ2n) is 4.94. The van der Waals surface area contributed by atoms with E-state index in [1.165, 1.54) is 5.56 Å². The number of ether oxygens (including phenoxy) is 2. The molecule has 2 unspecified atom stereocenters. The third-order valence-electron chi connectivity index (χ3n) is 3.80. The van der Waals surface area contributed by atoms with Crippen LogP contribution in [0.15, 0.2) is 24.3 Å². The van der Waals surface area contributed by atoms with Crippen molar-refractivity contribution in [1.82, 2.24) is 4.90 Å². The van der Waals surface area contributed by atoms with E-state index >= 15 is 0 Å². The Bertz CT molecular complexity index is 389. The van der Waals surface area contributed by atoms with Gasteiger partial charge in [0.05, 0.1) is 19.3 Å². The Kier molecular flexibility index (Phi) is 5.34. The summed E-state index contributed by atoms with van der Waals surface area (Å²) in [6.07, 6.45) is 0.482. The Labute approximate surface area is 114 Å². The van der Waals surface area contributed by atoms with Crippen LogP contribution in [-0.2, 0) is 15.9 Å². The summed E-state index contributed by atoms with van der Waals surface area (Å²) in [6, 6.07) is 8.26. The molecular weight excluding hydrogens is 242 g/mol. The van der Waals surface area contributed by atoms with Gasteiger partial charge in [-0.25, -0.2) is 0 Å². The molecule has 0 heterocycles. The fourth-order valence-electron chi connectivity index (χ4n) is 2.74. The average Bonchev–Trinajstić information content (AvgIpc) is 2.77. The first kappa shape index (κ1) is 14.5. The topological polar surface area (TPSA) is 41.9 Å². The smallest absolute Gasteiger partial charge is 0.0951 e. The van der Waals surface area contributed by atoms with Crippen LogP contribution < -0.4 is 0 Å². The van der Waals surface area contributed by atoms with E-state index in [4.69, 9.17) is 9.47 Å². The molecule has 1 aromatic carbocycles. The third kappa shape index (κ3) is 3.34. The molecule has 1 aliphatic rings. The quantitative estimate of drug-likeness (QED) is 0.805. The molecule has 1 N–H and O–H groups in total. The molecule has 0 spiro atoms. The van der Waals surface area contributed by atoms with Gasteiger partial charge in [0, 0.05) is 33.4 Å². The van der Waals surface area contributed by atoms with Gasteiger partial charge in [-0.05, 0) is 17.5 Å². The van der Waals surface area contributed by atoms with Crippen LogP contribution in [-0.4, -0.2) is 56.6 Å². The highest BCUT2D eigenvalue weighted by molar-refractivity contribution is 5.35. The van der Waals surface area contributed by atoms with Crippen molar-refractivity contribution >= 4 is 0 Å². The molecule has 1 aromatic rings. The molecule has 0 aliphatic heterocycles. The number of aliphatic hydroxyl groups excluding tert-OH is 1. The highest BCUT2D eigenvalue weighted by Gasteiger charge is 2.34. The van der Waals surface area contributed by atoms with Gasteiger partial charge >= 0.3 is 0 Å². The third-order valence-corrected chi connectivity index (χ3v) is 3.80. The number of nitrogens with zero attached hydrogens (tertiary/aromatic N) is 1. The molecule has 0 saturated heterocycles. The SMILES string of the molecule is COCCN(CCOC)C1Cc2ccccc2C1O. The number of methoxy groups -OCH3 is 2. The van der Waals surface area contributed by atoms with E-state index in [1.54, 1.807) is 14.2 Å². The molecule has 4 heteroatoms. The minimum atomic E-state index is -0.412. The van der Waals surface area contributed by atoms with Gasteiger partial charge in [-0.2, -0.15) is 0 Å². The van der Waals surface area contributed by atoms with Crippen molar-refractivity contribution in [2.45, 2.75) is 18.6 Å². The Morgan fingerprint density at radius 2 is 1.79 bits per heavy atom. The van der Waals surface area contributed by atoms with Gasteiger partial charge < -0.3 is 14.6 Å². The van der Waals surface area contributed by atoms with Crippen molar-refractivity contribution < 1.29 is 14.6 Å². The second kappa shape index (κ2) is 7.01. The summed E-state index contributed by atoms with van der Waals surface area (Å²) >= 11 is 0. The lowest BCUT2D eigenvalue weighted by atomic mass is 10.1. The molecule has 2 atom stereocenters. The van der Waals surface area contributed by atoms with Crippen LogP contribution in [0.4, 0.5) is 0 Å². The zero-order valence-corrected chi connectivity index (χ0v) is 11.7. The summed E-state index contributed by atoms with van der Waals surface area (Å²) in [4.78, 5) is 2.26. The fraction of sp³-hybridized carbons (Fsp3) is 0.600. The van der Waals surface area contributed by atoms with Crippen LogP contribution in [0.25, 0.3) is 0 Å². The molecule has 0 saturated carbocycles. The minimum Gasteiger partial charge on any atom is -0.387 e. The van der Waals surface area contributed by atoms with E-state index < -0.39 is 6.10 Å². The van der Waals surface area contributed by atoms with Gasteiger partial charge in [-0.3, -0.25) is 4.90 Å². The number of hydrogen-bond acceptors (Lipinski definition) is 4. The molecule has 0 bridgehead atoms. The van der Waals surface area contributed by atoms with E-state index in [0.29, 0.717) is 13.2 Å². The maximum absolute atomic E-state index is 10.5. The Hall–Kier alpha value is -0.940. The van der Waals surface area contributed by atoms with E-state index in [1.807, 2.05) is 18.2 Å². The molecule has 19 heavy (non-hydrogen) atoms. The lowest BCUT2D eigenvalue weighted by Crippen LogP contribution is -2.42. The number of aliphatic hydroxyl groups is 1. The van der Waals surface area contributed by atoms with Crippen molar-refractivity contribution in [2.24, 2.45) is 0 Å².